The number of carbonyl (C=O) groups excluding carboxylic acids is 1. The molecule has 2 aromatic rings. The Balaban J connectivity index is 1.54. The zero-order chi connectivity index (χ0) is 13.1. The summed E-state index contributed by atoms with van der Waals surface area (Å²) in [5.74, 6) is 0.0255. The van der Waals surface area contributed by atoms with E-state index in [1.807, 2.05) is 47.1 Å². The van der Waals surface area contributed by atoms with Crippen molar-refractivity contribution < 1.29 is 4.79 Å². The first-order chi connectivity index (χ1) is 9.33. The summed E-state index contributed by atoms with van der Waals surface area (Å²) in [7, 11) is 0. The number of pyridine rings is 1. The van der Waals surface area contributed by atoms with Crippen LogP contribution in [0.3, 0.4) is 0 Å². The molecule has 0 saturated heterocycles. The van der Waals surface area contributed by atoms with Crippen LogP contribution in [0.4, 0.5) is 0 Å². The maximum absolute atomic E-state index is 11.8. The largest absolute Gasteiger partial charge is 0.354 e. The standard InChI is InChI=1S/C14H16N4O/c19-14(12-4-3-7-15-12)16-8-6-11-10-18-9-2-1-5-13(18)17-11/h1-5,9-10,12,15H,6-8H2,(H,16,19)/t12-/m1/s1. The van der Waals surface area contributed by atoms with Gasteiger partial charge in [0.15, 0.2) is 0 Å². The van der Waals surface area contributed by atoms with Gasteiger partial charge in [-0.05, 0) is 12.1 Å². The summed E-state index contributed by atoms with van der Waals surface area (Å²) in [6.45, 7) is 1.37. The highest BCUT2D eigenvalue weighted by molar-refractivity contribution is 5.84. The van der Waals surface area contributed by atoms with E-state index in [2.05, 4.69) is 15.6 Å². The van der Waals surface area contributed by atoms with Gasteiger partial charge in [0.2, 0.25) is 5.91 Å². The zero-order valence-corrected chi connectivity index (χ0v) is 10.5. The van der Waals surface area contributed by atoms with Crippen LogP contribution in [0.15, 0.2) is 42.7 Å². The normalized spacial score (nSPS) is 18.0. The van der Waals surface area contributed by atoms with Crippen LogP contribution in [0.1, 0.15) is 5.69 Å². The fourth-order valence-corrected chi connectivity index (χ4v) is 2.18. The van der Waals surface area contributed by atoms with Crippen molar-refractivity contribution in [3.63, 3.8) is 0 Å². The van der Waals surface area contributed by atoms with Crippen molar-refractivity contribution in [1.29, 1.82) is 0 Å². The highest BCUT2D eigenvalue weighted by atomic mass is 16.2. The minimum atomic E-state index is -0.180. The fourth-order valence-electron chi connectivity index (χ4n) is 2.18. The molecule has 0 fully saturated rings. The predicted molar refractivity (Wildman–Crippen MR) is 72.8 cm³/mol. The Labute approximate surface area is 111 Å². The Morgan fingerprint density at radius 2 is 2.47 bits per heavy atom. The maximum Gasteiger partial charge on any atom is 0.241 e. The van der Waals surface area contributed by atoms with Crippen LogP contribution in [0.5, 0.6) is 0 Å². The molecule has 3 rings (SSSR count). The van der Waals surface area contributed by atoms with Gasteiger partial charge < -0.3 is 9.72 Å². The third-order valence-corrected chi connectivity index (χ3v) is 3.16. The van der Waals surface area contributed by atoms with E-state index in [0.29, 0.717) is 6.54 Å². The lowest BCUT2D eigenvalue weighted by Gasteiger charge is -2.09. The van der Waals surface area contributed by atoms with E-state index in [1.165, 1.54) is 0 Å². The number of amides is 1. The van der Waals surface area contributed by atoms with E-state index in [9.17, 15) is 4.79 Å². The lowest BCUT2D eigenvalue weighted by atomic mass is 10.3. The molecule has 98 valence electrons. The molecule has 2 N–H and O–H groups in total. The minimum absolute atomic E-state index is 0.0255. The Morgan fingerprint density at radius 1 is 1.53 bits per heavy atom. The van der Waals surface area contributed by atoms with Crippen LogP contribution >= 0.6 is 0 Å². The van der Waals surface area contributed by atoms with Crippen molar-refractivity contribution >= 4 is 11.6 Å². The van der Waals surface area contributed by atoms with Crippen LogP contribution in [0, 0.1) is 0 Å². The second kappa shape index (κ2) is 5.24. The van der Waals surface area contributed by atoms with Crippen LogP contribution in [0.25, 0.3) is 5.65 Å². The molecule has 19 heavy (non-hydrogen) atoms. The fraction of sp³-hybridized carbons (Fsp3) is 0.286. The summed E-state index contributed by atoms with van der Waals surface area (Å²) >= 11 is 0. The van der Waals surface area contributed by atoms with Gasteiger partial charge in [-0.25, -0.2) is 4.98 Å². The summed E-state index contributed by atoms with van der Waals surface area (Å²) in [6.07, 6.45) is 8.56. The molecule has 1 aliphatic heterocycles. The monoisotopic (exact) mass is 256 g/mol. The summed E-state index contributed by atoms with van der Waals surface area (Å²) in [5.41, 5.74) is 1.92. The molecule has 0 radical (unpaired) electrons. The summed E-state index contributed by atoms with van der Waals surface area (Å²) in [4.78, 5) is 16.2. The van der Waals surface area contributed by atoms with Crippen molar-refractivity contribution in [2.24, 2.45) is 0 Å². The number of hydrogen-bond acceptors (Lipinski definition) is 3. The first-order valence-electron chi connectivity index (χ1n) is 6.43. The Kier molecular flexibility index (Phi) is 3.29. The summed E-state index contributed by atoms with van der Waals surface area (Å²) in [6, 6.07) is 5.72. The molecule has 5 nitrogen and oxygen atoms in total. The second-order valence-corrected chi connectivity index (χ2v) is 4.55. The maximum atomic E-state index is 11.8. The van der Waals surface area contributed by atoms with Crippen molar-refractivity contribution in [2.75, 3.05) is 13.1 Å². The third kappa shape index (κ3) is 2.66. The van der Waals surface area contributed by atoms with Crippen LogP contribution in [-0.2, 0) is 11.2 Å². The lowest BCUT2D eigenvalue weighted by Crippen LogP contribution is -2.41. The average Bonchev–Trinajstić information content (AvgIpc) is 3.07. The Hall–Kier alpha value is -2.14. The molecule has 0 saturated carbocycles. The molecule has 2 aromatic heterocycles. The van der Waals surface area contributed by atoms with Gasteiger partial charge >= 0.3 is 0 Å². The molecule has 5 heteroatoms. The first-order valence-corrected chi connectivity index (χ1v) is 6.43. The van der Waals surface area contributed by atoms with Gasteiger partial charge in [0.25, 0.3) is 0 Å². The van der Waals surface area contributed by atoms with E-state index >= 15 is 0 Å². The van der Waals surface area contributed by atoms with Gasteiger partial charge in [0, 0.05) is 31.9 Å². The van der Waals surface area contributed by atoms with Crippen LogP contribution < -0.4 is 10.6 Å². The number of imidazole rings is 1. The van der Waals surface area contributed by atoms with E-state index in [-0.39, 0.29) is 11.9 Å². The number of carbonyl (C=O) groups is 1. The molecular formula is C14H16N4O. The SMILES string of the molecule is O=C(NCCc1cn2ccccc2n1)[C@H]1C=CCN1. The molecule has 0 spiro atoms. The number of hydrogen-bond donors (Lipinski definition) is 2. The van der Waals surface area contributed by atoms with Gasteiger partial charge in [-0.2, -0.15) is 0 Å². The first kappa shape index (κ1) is 11.9. The molecular weight excluding hydrogens is 240 g/mol. The topological polar surface area (TPSA) is 58.4 Å². The Morgan fingerprint density at radius 3 is 3.26 bits per heavy atom. The molecule has 1 aliphatic rings. The predicted octanol–water partition coefficient (Wildman–Crippen LogP) is 0.521. The summed E-state index contributed by atoms with van der Waals surface area (Å²) in [5, 5.41) is 6.00. The van der Waals surface area contributed by atoms with Crippen molar-refractivity contribution in [1.82, 2.24) is 20.0 Å². The van der Waals surface area contributed by atoms with E-state index < -0.39 is 0 Å². The Bertz CT molecular complexity index is 584. The van der Waals surface area contributed by atoms with Gasteiger partial charge in [0.1, 0.15) is 11.7 Å². The smallest absolute Gasteiger partial charge is 0.241 e. The summed E-state index contributed by atoms with van der Waals surface area (Å²) < 4.78 is 1.98. The highest BCUT2D eigenvalue weighted by Gasteiger charge is 2.16. The average molecular weight is 256 g/mol. The molecule has 0 aliphatic carbocycles. The number of nitrogens with zero attached hydrogens (tertiary/aromatic N) is 2. The highest BCUT2D eigenvalue weighted by Crippen LogP contribution is 2.04. The van der Waals surface area contributed by atoms with Gasteiger partial charge in [-0.1, -0.05) is 18.2 Å². The molecule has 0 unspecified atom stereocenters. The molecule has 1 atom stereocenters. The number of fused-ring (bicyclic) bond motifs is 1. The molecule has 3 heterocycles. The van der Waals surface area contributed by atoms with Crippen LogP contribution in [0.2, 0.25) is 0 Å². The van der Waals surface area contributed by atoms with Gasteiger partial charge in [0.05, 0.1) is 5.69 Å². The van der Waals surface area contributed by atoms with Crippen molar-refractivity contribution in [3.8, 4) is 0 Å². The van der Waals surface area contributed by atoms with Gasteiger partial charge in [-0.3, -0.25) is 10.1 Å². The number of rotatable bonds is 4. The third-order valence-electron chi connectivity index (χ3n) is 3.16. The quantitative estimate of drug-likeness (QED) is 0.784. The second-order valence-electron chi connectivity index (χ2n) is 4.55. The van der Waals surface area contributed by atoms with Gasteiger partial charge in [-0.15, -0.1) is 0 Å². The van der Waals surface area contributed by atoms with E-state index in [1.54, 1.807) is 0 Å². The van der Waals surface area contributed by atoms with Crippen LogP contribution in [-0.4, -0.2) is 34.4 Å². The molecule has 0 bridgehead atoms. The van der Waals surface area contributed by atoms with Crippen molar-refractivity contribution in [2.45, 2.75) is 12.5 Å². The molecule has 0 aromatic carbocycles. The lowest BCUT2D eigenvalue weighted by molar-refractivity contribution is -0.121. The van der Waals surface area contributed by atoms with E-state index in [4.69, 9.17) is 0 Å². The van der Waals surface area contributed by atoms with Crippen molar-refractivity contribution in [3.05, 3.63) is 48.4 Å². The number of nitrogens with one attached hydrogen (secondary N) is 2. The van der Waals surface area contributed by atoms with E-state index in [0.717, 1.165) is 24.3 Å². The zero-order valence-electron chi connectivity index (χ0n) is 10.5. The minimum Gasteiger partial charge on any atom is -0.354 e. The molecule has 1 amide bonds. The number of aromatic nitrogens is 2.